The fraction of sp³-hybridized carbons (Fsp3) is 0.294. The van der Waals surface area contributed by atoms with Crippen molar-refractivity contribution in [3.63, 3.8) is 0 Å². The maximum absolute atomic E-state index is 15.3. The Morgan fingerprint density at radius 1 is 1.04 bits per heavy atom. The van der Waals surface area contributed by atoms with Crippen LogP contribution in [0.2, 0.25) is 5.02 Å². The standard InChI is InChI=1S/C34H34ClFN6O3/c35-26-9-11-30(39-20-26)41-32(44)42-21-33(45,23-4-2-1-3-5-23)19-29(42)31(43)40-28-18-25(8-10-27(28)36)34(37,15-12-22-6-7-22)24-13-16-38-17-14-24/h1-5,8-11,13-14,16-18,20,22,29,45H,6-7,12,15,19,21,37H2,(H,40,43)(H,39,41,44)/t29-,33-,34?/m1/s1. The number of hydrogen-bond acceptors (Lipinski definition) is 6. The van der Waals surface area contributed by atoms with Gasteiger partial charge in [-0.05, 0) is 71.8 Å². The maximum Gasteiger partial charge on any atom is 0.323 e. The first-order valence-corrected chi connectivity index (χ1v) is 15.3. The smallest absolute Gasteiger partial charge is 0.323 e. The molecule has 2 aromatic carbocycles. The van der Waals surface area contributed by atoms with E-state index in [2.05, 4.69) is 20.6 Å². The van der Waals surface area contributed by atoms with Crippen LogP contribution in [0.1, 0.15) is 48.8 Å². The minimum Gasteiger partial charge on any atom is -0.383 e. The highest BCUT2D eigenvalue weighted by Crippen LogP contribution is 2.41. The molecular weight excluding hydrogens is 595 g/mol. The van der Waals surface area contributed by atoms with Crippen LogP contribution >= 0.6 is 11.6 Å². The van der Waals surface area contributed by atoms with Crippen LogP contribution in [0.3, 0.4) is 0 Å². The van der Waals surface area contributed by atoms with Gasteiger partial charge in [-0.2, -0.15) is 0 Å². The molecule has 1 aliphatic heterocycles. The Morgan fingerprint density at radius 2 is 1.80 bits per heavy atom. The molecular formula is C34H34ClFN6O3. The lowest BCUT2D eigenvalue weighted by molar-refractivity contribution is -0.119. The molecule has 45 heavy (non-hydrogen) atoms. The summed E-state index contributed by atoms with van der Waals surface area (Å²) in [5, 5.41) is 17.4. The number of urea groups is 1. The van der Waals surface area contributed by atoms with Crippen LogP contribution in [0.5, 0.6) is 0 Å². The number of benzene rings is 2. The number of aromatic nitrogens is 2. The summed E-state index contributed by atoms with van der Waals surface area (Å²) in [7, 11) is 0. The van der Waals surface area contributed by atoms with Crippen molar-refractivity contribution in [2.24, 2.45) is 11.7 Å². The SMILES string of the molecule is NC(CCC1CC1)(c1ccncc1)c1ccc(F)c(NC(=O)[C@H]2C[C@](O)(c3ccccc3)CN2C(=O)Nc2ccc(Cl)cn2)c1. The van der Waals surface area contributed by atoms with Gasteiger partial charge in [0.15, 0.2) is 0 Å². The van der Waals surface area contributed by atoms with Gasteiger partial charge in [0, 0.05) is 25.0 Å². The van der Waals surface area contributed by atoms with E-state index in [1.165, 1.54) is 36.1 Å². The lowest BCUT2D eigenvalue weighted by atomic mass is 9.79. The number of nitrogens with one attached hydrogen (secondary N) is 2. The van der Waals surface area contributed by atoms with E-state index in [0.717, 1.165) is 12.0 Å². The minimum absolute atomic E-state index is 0.0670. The van der Waals surface area contributed by atoms with Gasteiger partial charge in [-0.25, -0.2) is 14.2 Å². The summed E-state index contributed by atoms with van der Waals surface area (Å²) in [6.07, 6.45) is 8.53. The molecule has 4 aromatic rings. The first-order chi connectivity index (χ1) is 21.6. The summed E-state index contributed by atoms with van der Waals surface area (Å²) in [5.41, 5.74) is 6.57. The number of aliphatic hydroxyl groups is 1. The van der Waals surface area contributed by atoms with Crippen molar-refractivity contribution in [1.29, 1.82) is 0 Å². The van der Waals surface area contributed by atoms with E-state index in [9.17, 15) is 14.7 Å². The molecule has 2 fully saturated rings. The molecule has 6 rings (SSSR count). The minimum atomic E-state index is -1.52. The van der Waals surface area contributed by atoms with Crippen molar-refractivity contribution in [2.45, 2.75) is 49.3 Å². The Kier molecular flexibility index (Phi) is 8.54. The van der Waals surface area contributed by atoms with Crippen molar-refractivity contribution in [3.05, 3.63) is 119 Å². The van der Waals surface area contributed by atoms with Crippen molar-refractivity contribution in [2.75, 3.05) is 17.2 Å². The third-order valence-electron chi connectivity index (χ3n) is 8.75. The van der Waals surface area contributed by atoms with Gasteiger partial charge in [-0.3, -0.25) is 15.1 Å². The Balaban J connectivity index is 1.29. The second-order valence-corrected chi connectivity index (χ2v) is 12.3. The van der Waals surface area contributed by atoms with Crippen molar-refractivity contribution >= 4 is 35.0 Å². The summed E-state index contributed by atoms with van der Waals surface area (Å²) in [6.45, 7) is -0.174. The zero-order valence-corrected chi connectivity index (χ0v) is 25.3. The van der Waals surface area contributed by atoms with Gasteiger partial charge < -0.3 is 21.1 Å². The molecule has 5 N–H and O–H groups in total. The van der Waals surface area contributed by atoms with Gasteiger partial charge in [0.2, 0.25) is 5.91 Å². The third kappa shape index (κ3) is 6.68. The van der Waals surface area contributed by atoms with Crippen molar-refractivity contribution in [3.8, 4) is 0 Å². The molecule has 1 aliphatic carbocycles. The van der Waals surface area contributed by atoms with Gasteiger partial charge in [-0.15, -0.1) is 0 Å². The molecule has 1 saturated heterocycles. The molecule has 3 atom stereocenters. The zero-order chi connectivity index (χ0) is 31.6. The number of β-amino-alcohol motifs (C(OH)–C–C–N with tert-alkyl or cyclic N) is 1. The molecule has 1 saturated carbocycles. The quantitative estimate of drug-likeness (QED) is 0.185. The summed E-state index contributed by atoms with van der Waals surface area (Å²) >= 11 is 5.93. The summed E-state index contributed by atoms with van der Waals surface area (Å²) in [5.74, 6) is -0.454. The number of likely N-dealkylation sites (tertiary alicyclic amines) is 1. The van der Waals surface area contributed by atoms with Crippen LogP contribution in [0, 0.1) is 11.7 Å². The predicted molar refractivity (Wildman–Crippen MR) is 170 cm³/mol. The molecule has 232 valence electrons. The molecule has 2 aliphatic rings. The number of hydrogen-bond donors (Lipinski definition) is 4. The average molecular weight is 629 g/mol. The molecule has 1 unspecified atom stereocenters. The topological polar surface area (TPSA) is 133 Å². The molecule has 0 radical (unpaired) electrons. The molecule has 11 heteroatoms. The van der Waals surface area contributed by atoms with E-state index in [4.69, 9.17) is 17.3 Å². The Bertz CT molecular complexity index is 1670. The maximum atomic E-state index is 15.3. The lowest BCUT2D eigenvalue weighted by Crippen LogP contribution is -2.45. The number of halogens is 2. The lowest BCUT2D eigenvalue weighted by Gasteiger charge is -2.31. The Labute approximate surface area is 265 Å². The van der Waals surface area contributed by atoms with E-state index in [0.29, 0.717) is 28.5 Å². The monoisotopic (exact) mass is 628 g/mol. The van der Waals surface area contributed by atoms with Crippen LogP contribution in [0.15, 0.2) is 91.4 Å². The molecule has 2 aromatic heterocycles. The highest BCUT2D eigenvalue weighted by molar-refractivity contribution is 6.30. The summed E-state index contributed by atoms with van der Waals surface area (Å²) in [6, 6.07) is 18.3. The predicted octanol–water partition coefficient (Wildman–Crippen LogP) is 5.79. The van der Waals surface area contributed by atoms with Gasteiger partial charge in [0.1, 0.15) is 23.3 Å². The molecule has 9 nitrogen and oxygen atoms in total. The van der Waals surface area contributed by atoms with Crippen LogP contribution in [0.4, 0.5) is 20.7 Å². The third-order valence-corrected chi connectivity index (χ3v) is 8.98. The molecule has 0 bridgehead atoms. The van der Waals surface area contributed by atoms with Crippen LogP contribution in [-0.2, 0) is 15.9 Å². The summed E-state index contributed by atoms with van der Waals surface area (Å²) < 4.78 is 15.3. The number of anilines is 2. The molecule has 0 spiro atoms. The largest absolute Gasteiger partial charge is 0.383 e. The molecule has 3 heterocycles. The van der Waals surface area contributed by atoms with E-state index < -0.39 is 34.9 Å². The van der Waals surface area contributed by atoms with Gasteiger partial charge >= 0.3 is 6.03 Å². The van der Waals surface area contributed by atoms with Crippen LogP contribution < -0.4 is 16.4 Å². The normalized spacial score (nSPS) is 20.8. The number of amides is 3. The van der Waals surface area contributed by atoms with Gasteiger partial charge in [0.25, 0.3) is 0 Å². The zero-order valence-electron chi connectivity index (χ0n) is 24.5. The second-order valence-electron chi connectivity index (χ2n) is 11.9. The highest BCUT2D eigenvalue weighted by Gasteiger charge is 2.49. The highest BCUT2D eigenvalue weighted by atomic mass is 35.5. The van der Waals surface area contributed by atoms with Gasteiger partial charge in [0.05, 0.1) is 22.8 Å². The Hall–Kier alpha value is -4.38. The van der Waals surface area contributed by atoms with Crippen molar-refractivity contribution < 1.29 is 19.1 Å². The number of rotatable bonds is 9. The first kappa shape index (κ1) is 30.6. The Morgan fingerprint density at radius 3 is 2.49 bits per heavy atom. The number of nitrogens with two attached hydrogens (primary N) is 1. The van der Waals surface area contributed by atoms with E-state index in [-0.39, 0.29) is 24.5 Å². The van der Waals surface area contributed by atoms with Crippen molar-refractivity contribution in [1.82, 2.24) is 14.9 Å². The average Bonchev–Trinajstić information content (AvgIpc) is 3.82. The fourth-order valence-corrected chi connectivity index (χ4v) is 6.09. The number of carbonyl (C=O) groups is 2. The van der Waals surface area contributed by atoms with E-state index >= 15 is 4.39 Å². The number of pyridine rings is 2. The first-order valence-electron chi connectivity index (χ1n) is 14.9. The van der Waals surface area contributed by atoms with E-state index in [1.54, 1.807) is 54.9 Å². The fourth-order valence-electron chi connectivity index (χ4n) is 5.98. The van der Waals surface area contributed by atoms with Crippen LogP contribution in [-0.4, -0.2) is 44.5 Å². The number of nitrogens with zero attached hydrogens (tertiary/aromatic N) is 3. The molecule has 3 amide bonds. The van der Waals surface area contributed by atoms with E-state index in [1.807, 2.05) is 18.2 Å². The number of carbonyl (C=O) groups excluding carboxylic acids is 2. The van der Waals surface area contributed by atoms with Gasteiger partial charge in [-0.1, -0.05) is 60.8 Å². The summed E-state index contributed by atoms with van der Waals surface area (Å²) in [4.78, 5) is 36.8. The second kappa shape index (κ2) is 12.5. The van der Waals surface area contributed by atoms with Crippen LogP contribution in [0.25, 0.3) is 0 Å².